The Bertz CT molecular complexity index is 533. The van der Waals surface area contributed by atoms with Gasteiger partial charge in [0.1, 0.15) is 0 Å². The molecule has 2 N–H and O–H groups in total. The minimum atomic E-state index is -1.06. The van der Waals surface area contributed by atoms with Crippen molar-refractivity contribution in [2.24, 2.45) is 0 Å². The van der Waals surface area contributed by atoms with Gasteiger partial charge < -0.3 is 10.2 Å². The van der Waals surface area contributed by atoms with Crippen LogP contribution in [0, 0.1) is 0 Å². The lowest BCUT2D eigenvalue weighted by Gasteiger charge is -1.98. The zero-order valence-corrected chi connectivity index (χ0v) is 9.23. The quantitative estimate of drug-likeness (QED) is 0.836. The second-order valence-corrected chi connectivity index (χ2v) is 3.95. The summed E-state index contributed by atoms with van der Waals surface area (Å²) in [5.41, 5.74) is 1.17. The molecule has 0 saturated carbocycles. The highest BCUT2D eigenvalue weighted by molar-refractivity contribution is 9.10. The van der Waals surface area contributed by atoms with Crippen molar-refractivity contribution in [3.63, 3.8) is 0 Å². The van der Waals surface area contributed by atoms with E-state index < -0.39 is 6.09 Å². The van der Waals surface area contributed by atoms with E-state index in [-0.39, 0.29) is 6.61 Å². The van der Waals surface area contributed by atoms with Crippen LogP contribution < -0.4 is 0 Å². The molecule has 2 aromatic rings. The predicted octanol–water partition coefficient (Wildman–Crippen LogP) is 2.42. The summed E-state index contributed by atoms with van der Waals surface area (Å²) in [6.07, 6.45) is 0.371. The highest BCUT2D eigenvalue weighted by Gasteiger charge is 2.13. The molecule has 0 aliphatic carbocycles. The number of hydrogen-bond acceptors (Lipinski definition) is 2. The molecule has 0 aliphatic rings. The number of carboxylic acid groups (broad SMARTS) is 1. The summed E-state index contributed by atoms with van der Waals surface area (Å²) in [5.74, 6) is 0. The van der Waals surface area contributed by atoms with Crippen molar-refractivity contribution >= 4 is 32.9 Å². The number of aliphatic hydroxyl groups is 1. The first-order valence-electron chi connectivity index (χ1n) is 4.27. The van der Waals surface area contributed by atoms with E-state index in [1.54, 1.807) is 12.1 Å². The molecule has 15 heavy (non-hydrogen) atoms. The Morgan fingerprint density at radius 3 is 2.80 bits per heavy atom. The van der Waals surface area contributed by atoms with Gasteiger partial charge in [-0.15, -0.1) is 0 Å². The van der Waals surface area contributed by atoms with Crippen molar-refractivity contribution in [3.8, 4) is 0 Å². The van der Waals surface area contributed by atoms with E-state index >= 15 is 0 Å². The highest BCUT2D eigenvalue weighted by Crippen LogP contribution is 2.28. The van der Waals surface area contributed by atoms with Crippen molar-refractivity contribution in [1.29, 1.82) is 0 Å². The number of carbonyl (C=O) groups is 1. The van der Waals surface area contributed by atoms with Gasteiger partial charge in [-0.1, -0.05) is 22.0 Å². The molecule has 0 spiro atoms. The van der Waals surface area contributed by atoms with Gasteiger partial charge in [-0.3, -0.25) is 4.57 Å². The molecule has 2 rings (SSSR count). The molecule has 1 aromatic carbocycles. The molecule has 0 aliphatic heterocycles. The van der Waals surface area contributed by atoms with Crippen LogP contribution in [-0.2, 0) is 6.61 Å². The number of benzene rings is 1. The van der Waals surface area contributed by atoms with Crippen LogP contribution in [0.1, 0.15) is 5.56 Å². The summed E-state index contributed by atoms with van der Waals surface area (Å²) >= 11 is 3.33. The largest absolute Gasteiger partial charge is 0.464 e. The summed E-state index contributed by atoms with van der Waals surface area (Å²) in [5, 5.41) is 18.8. The molecule has 1 heterocycles. The predicted molar refractivity (Wildman–Crippen MR) is 59.0 cm³/mol. The van der Waals surface area contributed by atoms with Crippen molar-refractivity contribution < 1.29 is 15.0 Å². The molecule has 78 valence electrons. The van der Waals surface area contributed by atoms with Crippen LogP contribution in [0.15, 0.2) is 28.9 Å². The maximum Gasteiger partial charge on any atom is 0.416 e. The van der Waals surface area contributed by atoms with Gasteiger partial charge in [0.2, 0.25) is 0 Å². The molecule has 1 aromatic heterocycles. The molecule has 0 atom stereocenters. The van der Waals surface area contributed by atoms with E-state index in [2.05, 4.69) is 15.9 Å². The highest BCUT2D eigenvalue weighted by atomic mass is 79.9. The number of aromatic nitrogens is 1. The van der Waals surface area contributed by atoms with Gasteiger partial charge in [-0.2, -0.15) is 0 Å². The van der Waals surface area contributed by atoms with Crippen LogP contribution in [-0.4, -0.2) is 20.9 Å². The van der Waals surface area contributed by atoms with Gasteiger partial charge in [-0.25, -0.2) is 4.79 Å². The lowest BCUT2D eigenvalue weighted by Crippen LogP contribution is -2.05. The first kappa shape index (κ1) is 10.2. The van der Waals surface area contributed by atoms with Gasteiger partial charge in [-0.05, 0) is 12.1 Å². The molecule has 4 nitrogen and oxygen atoms in total. The molecule has 0 saturated heterocycles. The van der Waals surface area contributed by atoms with Crippen LogP contribution in [0.3, 0.4) is 0 Å². The first-order valence-corrected chi connectivity index (χ1v) is 5.07. The van der Waals surface area contributed by atoms with E-state index in [9.17, 15) is 4.79 Å². The van der Waals surface area contributed by atoms with Crippen molar-refractivity contribution in [1.82, 2.24) is 4.57 Å². The monoisotopic (exact) mass is 269 g/mol. The van der Waals surface area contributed by atoms with E-state index in [4.69, 9.17) is 10.2 Å². The Kier molecular flexibility index (Phi) is 2.50. The van der Waals surface area contributed by atoms with Gasteiger partial charge in [0.05, 0.1) is 12.1 Å². The van der Waals surface area contributed by atoms with E-state index in [1.807, 2.05) is 6.07 Å². The Labute approximate surface area is 93.9 Å². The third-order valence-corrected chi connectivity index (χ3v) is 2.89. The third-order valence-electron chi connectivity index (χ3n) is 2.23. The van der Waals surface area contributed by atoms with Gasteiger partial charge in [0.15, 0.2) is 0 Å². The van der Waals surface area contributed by atoms with Crippen LogP contribution in [0.5, 0.6) is 0 Å². The van der Waals surface area contributed by atoms with E-state index in [1.165, 1.54) is 6.20 Å². The van der Waals surface area contributed by atoms with Crippen LogP contribution in [0.2, 0.25) is 0 Å². The lowest BCUT2D eigenvalue weighted by atomic mass is 10.2. The fraction of sp³-hybridized carbons (Fsp3) is 0.100. The average molecular weight is 270 g/mol. The average Bonchev–Trinajstić information content (AvgIpc) is 2.58. The molecular formula is C10H8BrNO3. The summed E-state index contributed by atoms with van der Waals surface area (Å²) < 4.78 is 1.88. The molecule has 0 fully saturated rings. The number of fused-ring (bicyclic) bond motifs is 1. The first-order chi connectivity index (χ1) is 7.15. The Morgan fingerprint density at radius 2 is 2.20 bits per heavy atom. The summed E-state index contributed by atoms with van der Waals surface area (Å²) in [6.45, 7) is -0.181. The second kappa shape index (κ2) is 3.67. The fourth-order valence-electron chi connectivity index (χ4n) is 1.60. The SMILES string of the molecule is O=C(O)n1cc(CO)c2c(Br)cccc21. The topological polar surface area (TPSA) is 62.5 Å². The van der Waals surface area contributed by atoms with Crippen LogP contribution >= 0.6 is 15.9 Å². The van der Waals surface area contributed by atoms with Crippen LogP contribution in [0.25, 0.3) is 10.9 Å². The van der Waals surface area contributed by atoms with Gasteiger partial charge >= 0.3 is 6.09 Å². The molecular weight excluding hydrogens is 262 g/mol. The van der Waals surface area contributed by atoms with Gasteiger partial charge in [0, 0.05) is 21.6 Å². The minimum Gasteiger partial charge on any atom is -0.464 e. The van der Waals surface area contributed by atoms with Crippen molar-refractivity contribution in [3.05, 3.63) is 34.4 Å². The molecule has 0 unspecified atom stereocenters. The maximum atomic E-state index is 10.9. The Hall–Kier alpha value is -1.33. The third kappa shape index (κ3) is 1.53. The molecule has 0 radical (unpaired) electrons. The maximum absolute atomic E-state index is 10.9. The molecule has 0 bridgehead atoms. The van der Waals surface area contributed by atoms with Gasteiger partial charge in [0.25, 0.3) is 0 Å². The minimum absolute atomic E-state index is 0.181. The summed E-state index contributed by atoms with van der Waals surface area (Å²) in [7, 11) is 0. The number of rotatable bonds is 1. The number of hydrogen-bond donors (Lipinski definition) is 2. The Morgan fingerprint density at radius 1 is 1.47 bits per heavy atom. The van der Waals surface area contributed by atoms with Crippen molar-refractivity contribution in [2.45, 2.75) is 6.61 Å². The summed E-state index contributed by atoms with van der Waals surface area (Å²) in [6, 6.07) is 5.27. The van der Waals surface area contributed by atoms with E-state index in [0.29, 0.717) is 11.1 Å². The molecule has 5 heteroatoms. The fourth-order valence-corrected chi connectivity index (χ4v) is 2.21. The number of aliphatic hydroxyl groups excluding tert-OH is 1. The second-order valence-electron chi connectivity index (χ2n) is 3.10. The number of halogens is 1. The Balaban J connectivity index is 2.87. The number of nitrogens with zero attached hydrogens (tertiary/aromatic N) is 1. The van der Waals surface area contributed by atoms with Crippen molar-refractivity contribution in [2.75, 3.05) is 0 Å². The normalized spacial score (nSPS) is 10.8. The van der Waals surface area contributed by atoms with Crippen LogP contribution in [0.4, 0.5) is 4.79 Å². The van der Waals surface area contributed by atoms with E-state index in [0.717, 1.165) is 14.4 Å². The lowest BCUT2D eigenvalue weighted by molar-refractivity contribution is 0.197. The summed E-state index contributed by atoms with van der Waals surface area (Å²) in [4.78, 5) is 10.9. The smallest absolute Gasteiger partial charge is 0.416 e. The molecule has 0 amide bonds. The standard InChI is InChI=1S/C10H8BrNO3/c11-7-2-1-3-8-9(7)6(5-13)4-12(8)10(14)15/h1-4,13H,5H2,(H,14,15). The zero-order chi connectivity index (χ0) is 11.0. The zero-order valence-electron chi connectivity index (χ0n) is 7.64.